The van der Waals surface area contributed by atoms with Gasteiger partial charge in [0.25, 0.3) is 17.7 Å². The molecule has 0 spiro atoms. The second-order valence-electron chi connectivity index (χ2n) is 6.46. The molecule has 1 heterocycles. The van der Waals surface area contributed by atoms with Gasteiger partial charge in [0.15, 0.2) is 6.61 Å². The predicted molar refractivity (Wildman–Crippen MR) is 106 cm³/mol. The Morgan fingerprint density at radius 2 is 1.74 bits per heavy atom. The van der Waals surface area contributed by atoms with E-state index in [-0.39, 0.29) is 33.0 Å². The van der Waals surface area contributed by atoms with E-state index in [1.165, 1.54) is 38.4 Å². The SMILES string of the molecule is COc1ccc(S(N)(=O)=O)cc1C(=O)OCC(=O)Nc1ccc2c(c1)C(=O)N(C)C2=O. The number of hydrogen-bond acceptors (Lipinski definition) is 8. The van der Waals surface area contributed by atoms with Crippen LogP contribution in [0.4, 0.5) is 5.69 Å². The van der Waals surface area contributed by atoms with Crippen molar-refractivity contribution in [1.82, 2.24) is 4.90 Å². The Balaban J connectivity index is 1.69. The van der Waals surface area contributed by atoms with Crippen molar-refractivity contribution in [2.24, 2.45) is 5.14 Å². The van der Waals surface area contributed by atoms with Gasteiger partial charge in [0.05, 0.1) is 23.1 Å². The van der Waals surface area contributed by atoms with Crippen LogP contribution in [-0.2, 0) is 19.6 Å². The number of methoxy groups -OCH3 is 1. The summed E-state index contributed by atoms with van der Waals surface area (Å²) < 4.78 is 32.9. The Morgan fingerprint density at radius 3 is 2.39 bits per heavy atom. The molecule has 3 rings (SSSR count). The zero-order chi connectivity index (χ0) is 22.9. The second kappa shape index (κ2) is 8.16. The molecule has 0 unspecified atom stereocenters. The largest absolute Gasteiger partial charge is 0.496 e. The highest BCUT2D eigenvalue weighted by Crippen LogP contribution is 2.25. The van der Waals surface area contributed by atoms with Crippen LogP contribution in [-0.4, -0.2) is 57.8 Å². The molecule has 162 valence electrons. The van der Waals surface area contributed by atoms with Crippen molar-refractivity contribution >= 4 is 39.4 Å². The molecule has 31 heavy (non-hydrogen) atoms. The second-order valence-corrected chi connectivity index (χ2v) is 8.02. The monoisotopic (exact) mass is 447 g/mol. The van der Waals surface area contributed by atoms with Crippen LogP contribution in [0.2, 0.25) is 0 Å². The number of amides is 3. The summed E-state index contributed by atoms with van der Waals surface area (Å²) in [6.07, 6.45) is 0. The fourth-order valence-corrected chi connectivity index (χ4v) is 3.41. The molecule has 3 amide bonds. The molecule has 2 aromatic rings. The number of carbonyl (C=O) groups is 4. The number of sulfonamides is 1. The van der Waals surface area contributed by atoms with Crippen LogP contribution in [0.25, 0.3) is 0 Å². The number of nitrogens with one attached hydrogen (secondary N) is 1. The Kier molecular flexibility index (Phi) is 5.77. The van der Waals surface area contributed by atoms with Crippen LogP contribution in [0.15, 0.2) is 41.3 Å². The molecule has 0 saturated carbocycles. The summed E-state index contributed by atoms with van der Waals surface area (Å²) in [6.45, 7) is -0.703. The maximum atomic E-state index is 12.3. The molecule has 1 aliphatic rings. The highest BCUT2D eigenvalue weighted by Gasteiger charge is 2.32. The molecule has 12 heteroatoms. The van der Waals surface area contributed by atoms with Crippen LogP contribution in [0.3, 0.4) is 0 Å². The first-order chi connectivity index (χ1) is 14.5. The van der Waals surface area contributed by atoms with Gasteiger partial charge in [-0.2, -0.15) is 0 Å². The fourth-order valence-electron chi connectivity index (χ4n) is 2.87. The topological polar surface area (TPSA) is 162 Å². The van der Waals surface area contributed by atoms with E-state index in [9.17, 15) is 27.6 Å². The molecular formula is C19H17N3O8S. The summed E-state index contributed by atoms with van der Waals surface area (Å²) >= 11 is 0. The number of benzene rings is 2. The first kappa shape index (κ1) is 21.9. The zero-order valence-electron chi connectivity index (χ0n) is 16.4. The molecule has 3 N–H and O–H groups in total. The van der Waals surface area contributed by atoms with E-state index in [1.54, 1.807) is 0 Å². The number of rotatable bonds is 6. The third kappa shape index (κ3) is 4.39. The average molecular weight is 447 g/mol. The third-order valence-electron chi connectivity index (χ3n) is 4.43. The molecule has 1 aliphatic heterocycles. The lowest BCUT2D eigenvalue weighted by atomic mass is 10.1. The van der Waals surface area contributed by atoms with Crippen molar-refractivity contribution < 1.29 is 37.1 Å². The van der Waals surface area contributed by atoms with Crippen molar-refractivity contribution in [2.75, 3.05) is 26.1 Å². The maximum Gasteiger partial charge on any atom is 0.342 e. The Labute approximate surface area is 176 Å². The highest BCUT2D eigenvalue weighted by molar-refractivity contribution is 7.89. The smallest absolute Gasteiger partial charge is 0.342 e. The number of imide groups is 1. The van der Waals surface area contributed by atoms with Crippen molar-refractivity contribution in [3.05, 3.63) is 53.1 Å². The first-order valence-electron chi connectivity index (χ1n) is 8.67. The normalized spacial score (nSPS) is 13.1. The van der Waals surface area contributed by atoms with Crippen LogP contribution >= 0.6 is 0 Å². The standard InChI is InChI=1S/C19H17N3O8S/c1-22-17(24)12-5-3-10(7-13(12)18(22)25)21-16(23)9-30-19(26)14-8-11(31(20,27)28)4-6-15(14)29-2/h3-8H,9H2,1-2H3,(H,21,23)(H2,20,27,28). The first-order valence-corrected chi connectivity index (χ1v) is 10.2. The van der Waals surface area contributed by atoms with Crippen LogP contribution in [0.5, 0.6) is 5.75 Å². The quantitative estimate of drug-likeness (QED) is 0.474. The summed E-state index contributed by atoms with van der Waals surface area (Å²) in [4.78, 5) is 49.0. The van der Waals surface area contributed by atoms with Crippen molar-refractivity contribution in [3.8, 4) is 5.75 Å². The van der Waals surface area contributed by atoms with Gasteiger partial charge in [-0.15, -0.1) is 0 Å². The van der Waals surface area contributed by atoms with E-state index in [4.69, 9.17) is 14.6 Å². The molecule has 0 aromatic heterocycles. The third-order valence-corrected chi connectivity index (χ3v) is 5.34. The Morgan fingerprint density at radius 1 is 1.06 bits per heavy atom. The molecule has 2 aromatic carbocycles. The zero-order valence-corrected chi connectivity index (χ0v) is 17.2. The summed E-state index contributed by atoms with van der Waals surface area (Å²) in [5, 5.41) is 7.51. The van der Waals surface area contributed by atoms with E-state index < -0.39 is 40.3 Å². The minimum absolute atomic E-state index is 0.0312. The number of nitrogens with zero attached hydrogens (tertiary/aromatic N) is 1. The molecule has 0 atom stereocenters. The number of ether oxygens (including phenoxy) is 2. The van der Waals surface area contributed by atoms with Crippen molar-refractivity contribution in [1.29, 1.82) is 0 Å². The molecule has 0 bridgehead atoms. The molecule has 0 fully saturated rings. The van der Waals surface area contributed by atoms with E-state index in [0.29, 0.717) is 0 Å². The lowest BCUT2D eigenvalue weighted by molar-refractivity contribution is -0.119. The van der Waals surface area contributed by atoms with E-state index in [1.807, 2.05) is 0 Å². The van der Waals surface area contributed by atoms with Gasteiger partial charge in [-0.3, -0.25) is 19.3 Å². The molecule has 0 radical (unpaired) electrons. The summed E-state index contributed by atoms with van der Waals surface area (Å²) in [5.74, 6) is -2.63. The van der Waals surface area contributed by atoms with Crippen LogP contribution in [0, 0.1) is 0 Å². The van der Waals surface area contributed by atoms with Gasteiger partial charge in [0.2, 0.25) is 10.0 Å². The molecule has 0 saturated heterocycles. The van der Waals surface area contributed by atoms with Gasteiger partial charge in [-0.1, -0.05) is 0 Å². The number of nitrogens with two attached hydrogens (primary N) is 1. The molecule has 0 aliphatic carbocycles. The summed E-state index contributed by atoms with van der Waals surface area (Å²) in [5.41, 5.74) is 0.363. The predicted octanol–water partition coefficient (Wildman–Crippen LogP) is 0.364. The minimum atomic E-state index is -4.07. The van der Waals surface area contributed by atoms with Crippen LogP contribution in [0.1, 0.15) is 31.1 Å². The van der Waals surface area contributed by atoms with E-state index >= 15 is 0 Å². The van der Waals surface area contributed by atoms with Crippen molar-refractivity contribution in [2.45, 2.75) is 4.90 Å². The average Bonchev–Trinajstić information content (AvgIpc) is 2.94. The number of anilines is 1. The van der Waals surface area contributed by atoms with Gasteiger partial charge in [0.1, 0.15) is 11.3 Å². The number of fused-ring (bicyclic) bond motifs is 1. The number of esters is 1. The number of hydrogen-bond donors (Lipinski definition) is 2. The van der Waals surface area contributed by atoms with E-state index in [0.717, 1.165) is 17.0 Å². The van der Waals surface area contributed by atoms with Crippen LogP contribution < -0.4 is 15.2 Å². The highest BCUT2D eigenvalue weighted by atomic mass is 32.2. The van der Waals surface area contributed by atoms with Crippen molar-refractivity contribution in [3.63, 3.8) is 0 Å². The summed E-state index contributed by atoms with van der Waals surface area (Å²) in [7, 11) is -1.45. The van der Waals surface area contributed by atoms with Gasteiger partial charge >= 0.3 is 5.97 Å². The lowest BCUT2D eigenvalue weighted by Gasteiger charge is -2.10. The Bertz CT molecular complexity index is 1220. The van der Waals surface area contributed by atoms with E-state index in [2.05, 4.69) is 5.32 Å². The Hall–Kier alpha value is -3.77. The van der Waals surface area contributed by atoms with Gasteiger partial charge in [0, 0.05) is 12.7 Å². The van der Waals surface area contributed by atoms with Gasteiger partial charge in [-0.25, -0.2) is 18.4 Å². The van der Waals surface area contributed by atoms with Gasteiger partial charge < -0.3 is 14.8 Å². The number of primary sulfonamides is 1. The molecule has 11 nitrogen and oxygen atoms in total. The molecular weight excluding hydrogens is 430 g/mol. The van der Waals surface area contributed by atoms with Gasteiger partial charge in [-0.05, 0) is 36.4 Å². The lowest BCUT2D eigenvalue weighted by Crippen LogP contribution is -2.24. The number of carbonyl (C=O) groups excluding carboxylic acids is 4. The summed E-state index contributed by atoms with van der Waals surface area (Å²) in [6, 6.07) is 7.56. The fraction of sp³-hybridized carbons (Fsp3) is 0.158. The maximum absolute atomic E-state index is 12.3. The minimum Gasteiger partial charge on any atom is -0.496 e.